The summed E-state index contributed by atoms with van der Waals surface area (Å²) in [7, 11) is 0. The van der Waals surface area contributed by atoms with Gasteiger partial charge in [0.2, 0.25) is 5.72 Å². The molecule has 0 aromatic heterocycles. The van der Waals surface area contributed by atoms with Crippen LogP contribution in [0.25, 0.3) is 0 Å². The van der Waals surface area contributed by atoms with Gasteiger partial charge >= 0.3 is 0 Å². The fraction of sp³-hybridized carbons (Fsp3) is 0.611. The van der Waals surface area contributed by atoms with Crippen LogP contribution < -0.4 is 15.4 Å². The first kappa shape index (κ1) is 16.0. The van der Waals surface area contributed by atoms with Gasteiger partial charge in [-0.05, 0) is 50.2 Å². The SMILES string of the molecule is CC1CCC12C(C)CC21NC(=O)C(C)(Oc2ccc(O)cc2Cl)N1. The van der Waals surface area contributed by atoms with E-state index in [1.807, 2.05) is 0 Å². The molecule has 5 atom stereocenters. The number of rotatable bonds is 2. The quantitative estimate of drug-likeness (QED) is 0.766. The zero-order chi connectivity index (χ0) is 17.3. The molecule has 3 N–H and O–H groups in total. The third kappa shape index (κ3) is 1.83. The van der Waals surface area contributed by atoms with Gasteiger partial charge in [0.25, 0.3) is 5.91 Å². The van der Waals surface area contributed by atoms with Gasteiger partial charge in [-0.15, -0.1) is 0 Å². The molecule has 0 radical (unpaired) electrons. The molecule has 1 amide bonds. The molecule has 3 fully saturated rings. The number of carbonyl (C=O) groups excluding carboxylic acids is 1. The van der Waals surface area contributed by atoms with E-state index in [1.165, 1.54) is 18.6 Å². The van der Waals surface area contributed by atoms with Gasteiger partial charge in [0, 0.05) is 11.5 Å². The lowest BCUT2D eigenvalue weighted by atomic mass is 9.40. The van der Waals surface area contributed by atoms with Crippen LogP contribution >= 0.6 is 11.6 Å². The molecule has 24 heavy (non-hydrogen) atoms. The molecule has 4 rings (SSSR count). The van der Waals surface area contributed by atoms with Crippen LogP contribution in [0.1, 0.15) is 40.0 Å². The van der Waals surface area contributed by atoms with Crippen LogP contribution in [0.4, 0.5) is 0 Å². The van der Waals surface area contributed by atoms with Gasteiger partial charge in [0.1, 0.15) is 17.2 Å². The summed E-state index contributed by atoms with van der Waals surface area (Å²) in [5.41, 5.74) is -1.45. The highest BCUT2D eigenvalue weighted by molar-refractivity contribution is 6.32. The van der Waals surface area contributed by atoms with Crippen molar-refractivity contribution >= 4 is 17.5 Å². The number of hydrogen-bond acceptors (Lipinski definition) is 4. The Bertz CT molecular complexity index is 720. The lowest BCUT2D eigenvalue weighted by Gasteiger charge is -2.70. The average Bonchev–Trinajstić information content (AvgIpc) is 2.73. The van der Waals surface area contributed by atoms with Crippen LogP contribution in [0.5, 0.6) is 11.5 Å². The topological polar surface area (TPSA) is 70.6 Å². The van der Waals surface area contributed by atoms with Crippen molar-refractivity contribution in [3.63, 3.8) is 0 Å². The Kier molecular flexibility index (Phi) is 3.20. The van der Waals surface area contributed by atoms with E-state index in [4.69, 9.17) is 16.3 Å². The van der Waals surface area contributed by atoms with Gasteiger partial charge in [-0.3, -0.25) is 4.79 Å². The average molecular weight is 351 g/mol. The van der Waals surface area contributed by atoms with Gasteiger partial charge < -0.3 is 15.2 Å². The van der Waals surface area contributed by atoms with Gasteiger partial charge in [0.05, 0.1) is 5.02 Å². The first-order valence-corrected chi connectivity index (χ1v) is 8.90. The second kappa shape index (κ2) is 4.79. The number of halogens is 1. The van der Waals surface area contributed by atoms with Crippen LogP contribution in [0.15, 0.2) is 18.2 Å². The van der Waals surface area contributed by atoms with E-state index < -0.39 is 5.72 Å². The molecular weight excluding hydrogens is 328 g/mol. The summed E-state index contributed by atoms with van der Waals surface area (Å²) >= 11 is 6.13. The number of benzene rings is 1. The van der Waals surface area contributed by atoms with Crippen molar-refractivity contribution in [2.45, 2.75) is 51.4 Å². The van der Waals surface area contributed by atoms with Crippen LogP contribution in [-0.4, -0.2) is 22.4 Å². The molecule has 130 valence electrons. The number of ether oxygens (including phenoxy) is 1. The highest BCUT2D eigenvalue weighted by Gasteiger charge is 2.74. The largest absolute Gasteiger partial charge is 0.508 e. The van der Waals surface area contributed by atoms with E-state index in [2.05, 4.69) is 24.5 Å². The molecule has 2 aliphatic carbocycles. The predicted molar refractivity (Wildman–Crippen MR) is 90.8 cm³/mol. The second-order valence-electron chi connectivity index (χ2n) is 7.82. The van der Waals surface area contributed by atoms with E-state index in [-0.39, 0.29) is 27.8 Å². The molecule has 1 aromatic carbocycles. The fourth-order valence-corrected chi connectivity index (χ4v) is 5.45. The van der Waals surface area contributed by atoms with Crippen molar-refractivity contribution in [2.24, 2.45) is 17.3 Å². The minimum Gasteiger partial charge on any atom is -0.508 e. The minimum atomic E-state index is -1.18. The first-order valence-electron chi connectivity index (χ1n) is 8.52. The summed E-state index contributed by atoms with van der Waals surface area (Å²) in [5, 5.41) is 16.4. The lowest BCUT2D eigenvalue weighted by Crippen LogP contribution is -2.79. The Morgan fingerprint density at radius 3 is 2.62 bits per heavy atom. The van der Waals surface area contributed by atoms with Crippen LogP contribution in [0.2, 0.25) is 5.02 Å². The number of aromatic hydroxyl groups is 1. The maximum atomic E-state index is 12.7. The number of carbonyl (C=O) groups is 1. The summed E-state index contributed by atoms with van der Waals surface area (Å²) in [4.78, 5) is 12.7. The molecular formula is C18H23ClN2O3. The summed E-state index contributed by atoms with van der Waals surface area (Å²) in [5.74, 6) is 1.42. The van der Waals surface area contributed by atoms with Gasteiger partial charge in [-0.1, -0.05) is 25.4 Å². The molecule has 6 heteroatoms. The van der Waals surface area contributed by atoms with Crippen molar-refractivity contribution in [1.82, 2.24) is 10.6 Å². The van der Waals surface area contributed by atoms with E-state index in [0.717, 1.165) is 12.8 Å². The summed E-state index contributed by atoms with van der Waals surface area (Å²) in [6.45, 7) is 6.27. The molecule has 2 saturated carbocycles. The van der Waals surface area contributed by atoms with Gasteiger partial charge in [-0.2, -0.15) is 0 Å². The van der Waals surface area contributed by atoms with E-state index in [1.54, 1.807) is 13.0 Å². The van der Waals surface area contributed by atoms with Crippen molar-refractivity contribution in [2.75, 3.05) is 0 Å². The van der Waals surface area contributed by atoms with Crippen LogP contribution in [-0.2, 0) is 4.79 Å². The van der Waals surface area contributed by atoms with Gasteiger partial charge in [-0.25, -0.2) is 5.32 Å². The van der Waals surface area contributed by atoms with Crippen molar-refractivity contribution in [3.05, 3.63) is 23.2 Å². The van der Waals surface area contributed by atoms with Crippen molar-refractivity contribution in [1.29, 1.82) is 0 Å². The summed E-state index contributed by atoms with van der Waals surface area (Å²) in [6, 6.07) is 4.48. The molecule has 1 aromatic rings. The van der Waals surface area contributed by atoms with Crippen molar-refractivity contribution < 1.29 is 14.6 Å². The lowest BCUT2D eigenvalue weighted by molar-refractivity contribution is -0.201. The van der Waals surface area contributed by atoms with E-state index in [9.17, 15) is 9.90 Å². The smallest absolute Gasteiger partial charge is 0.281 e. The Morgan fingerprint density at radius 2 is 2.08 bits per heavy atom. The second-order valence-corrected chi connectivity index (χ2v) is 8.23. The fourth-order valence-electron chi connectivity index (χ4n) is 5.24. The Hall–Kier alpha value is -1.46. The molecule has 3 aliphatic rings. The predicted octanol–water partition coefficient (Wildman–Crippen LogP) is 3.01. The number of amides is 1. The Balaban J connectivity index is 1.62. The maximum Gasteiger partial charge on any atom is 0.281 e. The standard InChI is InChI=1S/C18H23ClN2O3/c1-10-6-7-17(10)11(2)9-18(17)20-15(23)16(3,21-18)24-14-5-4-12(22)8-13(14)19/h4-5,8,10-11,21-22H,6-7,9H2,1-3H3,(H,20,23). The molecule has 0 bridgehead atoms. The zero-order valence-corrected chi connectivity index (χ0v) is 14.9. The third-order valence-electron chi connectivity index (χ3n) is 6.60. The molecule has 1 heterocycles. The molecule has 2 spiro atoms. The van der Waals surface area contributed by atoms with Crippen LogP contribution in [0.3, 0.4) is 0 Å². The number of fused-ring (bicyclic) bond motifs is 1. The Labute approximate surface area is 146 Å². The number of phenolic OH excluding ortho intramolecular Hbond substituents is 1. The number of nitrogens with one attached hydrogen (secondary N) is 2. The minimum absolute atomic E-state index is 0.0628. The van der Waals surface area contributed by atoms with E-state index in [0.29, 0.717) is 17.6 Å². The summed E-state index contributed by atoms with van der Waals surface area (Å²) in [6.07, 6.45) is 3.23. The molecule has 1 saturated heterocycles. The highest BCUT2D eigenvalue weighted by Crippen LogP contribution is 2.68. The van der Waals surface area contributed by atoms with Crippen molar-refractivity contribution in [3.8, 4) is 11.5 Å². The highest BCUT2D eigenvalue weighted by atomic mass is 35.5. The maximum absolute atomic E-state index is 12.7. The monoisotopic (exact) mass is 350 g/mol. The van der Waals surface area contributed by atoms with Crippen LogP contribution in [0, 0.1) is 17.3 Å². The Morgan fingerprint density at radius 1 is 1.33 bits per heavy atom. The van der Waals surface area contributed by atoms with E-state index >= 15 is 0 Å². The summed E-state index contributed by atoms with van der Waals surface area (Å²) < 4.78 is 5.96. The molecule has 1 aliphatic heterocycles. The first-order chi connectivity index (χ1) is 11.2. The number of phenols is 1. The molecule has 5 unspecified atom stereocenters. The number of hydrogen-bond donors (Lipinski definition) is 3. The van der Waals surface area contributed by atoms with Gasteiger partial charge in [0.15, 0.2) is 0 Å². The zero-order valence-electron chi connectivity index (χ0n) is 14.1. The molecule has 5 nitrogen and oxygen atoms in total. The third-order valence-corrected chi connectivity index (χ3v) is 6.89. The normalized spacial score (nSPS) is 43.4.